The molecule has 3 N–H and O–H groups in total. The van der Waals surface area contributed by atoms with Gasteiger partial charge in [0.2, 0.25) is 0 Å². The van der Waals surface area contributed by atoms with Crippen molar-refractivity contribution in [2.45, 2.75) is 19.4 Å². The number of benzene rings is 1. The summed E-state index contributed by atoms with van der Waals surface area (Å²) in [6, 6.07) is 10.3. The number of amides is 1. The molecule has 0 aliphatic carbocycles. The Hall–Kier alpha value is -1.59. The zero-order valence-corrected chi connectivity index (χ0v) is 11.1. The van der Waals surface area contributed by atoms with Crippen LogP contribution in [0.5, 0.6) is 0 Å². The Balaban J connectivity index is 1.83. The van der Waals surface area contributed by atoms with Crippen molar-refractivity contribution in [2.24, 2.45) is 0 Å². The molecule has 1 amide bonds. The van der Waals surface area contributed by atoms with Gasteiger partial charge in [-0.2, -0.15) is 0 Å². The molecule has 1 aromatic carbocycles. The van der Waals surface area contributed by atoms with Crippen LogP contribution in [-0.2, 0) is 11.3 Å². The van der Waals surface area contributed by atoms with Gasteiger partial charge in [0, 0.05) is 26.3 Å². The number of ether oxygens (including phenoxy) is 1. The van der Waals surface area contributed by atoms with Crippen LogP contribution in [0.25, 0.3) is 0 Å². The summed E-state index contributed by atoms with van der Waals surface area (Å²) in [6.07, 6.45) is 0.688. The quantitative estimate of drug-likeness (QED) is 0.565. The second-order valence-corrected chi connectivity index (χ2v) is 4.21. The Morgan fingerprint density at radius 3 is 2.47 bits per heavy atom. The van der Waals surface area contributed by atoms with Gasteiger partial charge in [0.25, 0.3) is 0 Å². The first kappa shape index (κ1) is 15.5. The third-order valence-electron chi connectivity index (χ3n) is 2.56. The average Bonchev–Trinajstić information content (AvgIpc) is 2.42. The number of nitrogens with one attached hydrogen (secondary N) is 2. The lowest BCUT2D eigenvalue weighted by atomic mass is 10.2. The Morgan fingerprint density at radius 1 is 1.11 bits per heavy atom. The fraction of sp³-hybridized carbons (Fsp3) is 0.500. The largest absolute Gasteiger partial charge is 0.465 e. The van der Waals surface area contributed by atoms with E-state index >= 15 is 0 Å². The predicted octanol–water partition coefficient (Wildman–Crippen LogP) is 1.84. The van der Waals surface area contributed by atoms with Crippen molar-refractivity contribution < 1.29 is 14.6 Å². The van der Waals surface area contributed by atoms with Crippen molar-refractivity contribution in [3.05, 3.63) is 35.9 Å². The van der Waals surface area contributed by atoms with Crippen LogP contribution >= 0.6 is 0 Å². The molecule has 0 radical (unpaired) electrons. The number of hydrogen-bond donors (Lipinski definition) is 3. The molecule has 0 heterocycles. The molecule has 1 rings (SSSR count). The van der Waals surface area contributed by atoms with E-state index in [1.807, 2.05) is 18.2 Å². The van der Waals surface area contributed by atoms with Gasteiger partial charge in [0.15, 0.2) is 0 Å². The van der Waals surface area contributed by atoms with E-state index in [-0.39, 0.29) is 0 Å². The van der Waals surface area contributed by atoms with E-state index in [9.17, 15) is 4.79 Å². The standard InChI is InChI=1S/C14H22N2O3/c17-14(18)16-9-5-11-19-10-4-8-15-12-13-6-2-1-3-7-13/h1-3,6-7,15-16H,4-5,8-12H2,(H,17,18). The maximum absolute atomic E-state index is 10.2. The highest BCUT2D eigenvalue weighted by molar-refractivity contribution is 5.64. The monoisotopic (exact) mass is 266 g/mol. The number of carboxylic acid groups (broad SMARTS) is 1. The zero-order valence-electron chi connectivity index (χ0n) is 11.1. The van der Waals surface area contributed by atoms with Crippen molar-refractivity contribution in [1.29, 1.82) is 0 Å². The Kier molecular flexibility index (Phi) is 8.42. The molecule has 0 aliphatic heterocycles. The lowest BCUT2D eigenvalue weighted by Crippen LogP contribution is -2.23. The average molecular weight is 266 g/mol. The Labute approximate surface area is 114 Å². The van der Waals surface area contributed by atoms with Crippen molar-refractivity contribution in [3.8, 4) is 0 Å². The fourth-order valence-electron chi connectivity index (χ4n) is 1.60. The molecule has 0 bridgehead atoms. The van der Waals surface area contributed by atoms with E-state index in [4.69, 9.17) is 9.84 Å². The van der Waals surface area contributed by atoms with Gasteiger partial charge in [-0.25, -0.2) is 4.79 Å². The van der Waals surface area contributed by atoms with Crippen LogP contribution < -0.4 is 10.6 Å². The molecule has 0 aliphatic rings. The van der Waals surface area contributed by atoms with Gasteiger partial charge in [-0.15, -0.1) is 0 Å². The summed E-state index contributed by atoms with van der Waals surface area (Å²) in [5.41, 5.74) is 1.28. The van der Waals surface area contributed by atoms with E-state index in [1.54, 1.807) is 0 Å². The highest BCUT2D eigenvalue weighted by Crippen LogP contribution is 1.97. The number of hydrogen-bond acceptors (Lipinski definition) is 3. The van der Waals surface area contributed by atoms with Gasteiger partial charge in [0.05, 0.1) is 0 Å². The minimum absolute atomic E-state index is 0.446. The second kappa shape index (κ2) is 10.3. The van der Waals surface area contributed by atoms with E-state index in [2.05, 4.69) is 22.8 Å². The molecular formula is C14H22N2O3. The van der Waals surface area contributed by atoms with E-state index in [0.717, 1.165) is 19.5 Å². The highest BCUT2D eigenvalue weighted by atomic mass is 16.5. The third-order valence-corrected chi connectivity index (χ3v) is 2.56. The van der Waals surface area contributed by atoms with Crippen LogP contribution in [0.15, 0.2) is 30.3 Å². The van der Waals surface area contributed by atoms with Crippen molar-refractivity contribution in [2.75, 3.05) is 26.3 Å². The molecular weight excluding hydrogens is 244 g/mol. The summed E-state index contributed by atoms with van der Waals surface area (Å²) < 4.78 is 5.39. The third kappa shape index (κ3) is 9.04. The van der Waals surface area contributed by atoms with Crippen molar-refractivity contribution >= 4 is 6.09 Å². The zero-order chi connectivity index (χ0) is 13.8. The van der Waals surface area contributed by atoms with Gasteiger partial charge in [-0.3, -0.25) is 0 Å². The van der Waals surface area contributed by atoms with Crippen LogP contribution in [0, 0.1) is 0 Å². The van der Waals surface area contributed by atoms with Gasteiger partial charge in [0.1, 0.15) is 0 Å². The minimum atomic E-state index is -0.981. The van der Waals surface area contributed by atoms with E-state index in [1.165, 1.54) is 5.56 Å². The summed E-state index contributed by atoms with van der Waals surface area (Å²) >= 11 is 0. The molecule has 106 valence electrons. The summed E-state index contributed by atoms with van der Waals surface area (Å²) in [5.74, 6) is 0. The first-order valence-corrected chi connectivity index (χ1v) is 6.58. The number of rotatable bonds is 10. The van der Waals surface area contributed by atoms with Crippen LogP contribution in [0.3, 0.4) is 0 Å². The molecule has 0 unspecified atom stereocenters. The first-order chi connectivity index (χ1) is 9.29. The van der Waals surface area contributed by atoms with Gasteiger partial charge in [-0.05, 0) is 24.9 Å². The van der Waals surface area contributed by atoms with Crippen molar-refractivity contribution in [1.82, 2.24) is 10.6 Å². The van der Waals surface area contributed by atoms with Crippen LogP contribution in [0.2, 0.25) is 0 Å². The molecule has 0 fully saturated rings. The number of carbonyl (C=O) groups is 1. The topological polar surface area (TPSA) is 70.6 Å². The maximum Gasteiger partial charge on any atom is 0.404 e. The van der Waals surface area contributed by atoms with Gasteiger partial charge < -0.3 is 20.5 Å². The molecule has 0 atom stereocenters. The normalized spacial score (nSPS) is 10.3. The van der Waals surface area contributed by atoms with Crippen LogP contribution in [0.1, 0.15) is 18.4 Å². The smallest absolute Gasteiger partial charge is 0.404 e. The first-order valence-electron chi connectivity index (χ1n) is 6.58. The maximum atomic E-state index is 10.2. The Morgan fingerprint density at radius 2 is 1.79 bits per heavy atom. The lowest BCUT2D eigenvalue weighted by Gasteiger charge is -2.06. The van der Waals surface area contributed by atoms with Gasteiger partial charge >= 0.3 is 6.09 Å². The van der Waals surface area contributed by atoms with E-state index in [0.29, 0.717) is 26.2 Å². The Bertz CT molecular complexity index is 344. The molecule has 0 saturated heterocycles. The van der Waals surface area contributed by atoms with Gasteiger partial charge in [-0.1, -0.05) is 30.3 Å². The molecule has 5 nitrogen and oxygen atoms in total. The molecule has 0 aromatic heterocycles. The van der Waals surface area contributed by atoms with Crippen LogP contribution in [-0.4, -0.2) is 37.5 Å². The minimum Gasteiger partial charge on any atom is -0.465 e. The molecule has 0 spiro atoms. The lowest BCUT2D eigenvalue weighted by molar-refractivity contribution is 0.128. The molecule has 1 aromatic rings. The highest BCUT2D eigenvalue weighted by Gasteiger charge is 1.94. The fourth-order valence-corrected chi connectivity index (χ4v) is 1.60. The molecule has 0 saturated carbocycles. The summed E-state index contributed by atoms with van der Waals surface area (Å²) in [4.78, 5) is 10.2. The molecule has 19 heavy (non-hydrogen) atoms. The summed E-state index contributed by atoms with van der Waals surface area (Å²) in [5, 5.41) is 14.0. The van der Waals surface area contributed by atoms with Crippen LogP contribution in [0.4, 0.5) is 4.79 Å². The van der Waals surface area contributed by atoms with Crippen molar-refractivity contribution in [3.63, 3.8) is 0 Å². The van der Waals surface area contributed by atoms with E-state index < -0.39 is 6.09 Å². The SMILES string of the molecule is O=C(O)NCCCOCCCNCc1ccccc1. The summed E-state index contributed by atoms with van der Waals surface area (Å²) in [6.45, 7) is 3.54. The predicted molar refractivity (Wildman–Crippen MR) is 74.2 cm³/mol. The summed E-state index contributed by atoms with van der Waals surface area (Å²) in [7, 11) is 0. The second-order valence-electron chi connectivity index (χ2n) is 4.21. The molecule has 5 heteroatoms.